The maximum atomic E-state index is 12.6. The average Bonchev–Trinajstić information content (AvgIpc) is 3.17. The van der Waals surface area contributed by atoms with Gasteiger partial charge in [0.2, 0.25) is 0 Å². The van der Waals surface area contributed by atoms with Gasteiger partial charge < -0.3 is 24.1 Å². The van der Waals surface area contributed by atoms with Crippen LogP contribution in [0.25, 0.3) is 11.1 Å². The maximum absolute atomic E-state index is 12.6. The molecule has 7 nitrogen and oxygen atoms in total. The van der Waals surface area contributed by atoms with Crippen LogP contribution in [0, 0.1) is 0 Å². The lowest BCUT2D eigenvalue weighted by atomic mass is 10.1. The molecule has 0 spiro atoms. The van der Waals surface area contributed by atoms with Crippen molar-refractivity contribution in [3.05, 3.63) is 42.0 Å². The molecule has 1 fully saturated rings. The zero-order valence-electron chi connectivity index (χ0n) is 15.4. The van der Waals surface area contributed by atoms with Gasteiger partial charge >= 0.3 is 0 Å². The molecule has 0 saturated carbocycles. The monoisotopic (exact) mass is 379 g/mol. The highest BCUT2D eigenvalue weighted by molar-refractivity contribution is 6.05. The van der Waals surface area contributed by atoms with Crippen LogP contribution in [0.3, 0.4) is 0 Å². The van der Waals surface area contributed by atoms with Crippen molar-refractivity contribution in [2.24, 2.45) is 0 Å². The van der Waals surface area contributed by atoms with Crippen LogP contribution in [0.5, 0.6) is 11.5 Å². The number of piperidine rings is 1. The number of oxazole rings is 1. The van der Waals surface area contributed by atoms with Crippen LogP contribution in [-0.4, -0.2) is 37.2 Å². The van der Waals surface area contributed by atoms with Crippen molar-refractivity contribution in [2.45, 2.75) is 19.3 Å². The summed E-state index contributed by atoms with van der Waals surface area (Å²) in [5, 5.41) is 2.92. The largest absolute Gasteiger partial charge is 0.486 e. The number of nitrogens with zero attached hydrogens (tertiary/aromatic N) is 2. The molecule has 1 N–H and O–H groups in total. The summed E-state index contributed by atoms with van der Waals surface area (Å²) in [6.07, 6.45) is 3.58. The van der Waals surface area contributed by atoms with Gasteiger partial charge in [0, 0.05) is 24.3 Å². The summed E-state index contributed by atoms with van der Waals surface area (Å²) in [5.74, 6) is 1.05. The number of carbonyl (C=O) groups excluding carboxylic acids is 1. The summed E-state index contributed by atoms with van der Waals surface area (Å²) < 4.78 is 16.9. The van der Waals surface area contributed by atoms with E-state index in [1.54, 1.807) is 18.2 Å². The molecule has 1 saturated heterocycles. The van der Waals surface area contributed by atoms with Crippen molar-refractivity contribution < 1.29 is 18.7 Å². The molecule has 0 radical (unpaired) electrons. The number of carbonyl (C=O) groups is 1. The number of amides is 1. The molecule has 1 amide bonds. The minimum Gasteiger partial charge on any atom is -0.486 e. The summed E-state index contributed by atoms with van der Waals surface area (Å²) in [7, 11) is 0. The normalized spacial score (nSPS) is 16.2. The number of hydrogen-bond donors (Lipinski definition) is 1. The van der Waals surface area contributed by atoms with Crippen molar-refractivity contribution in [3.8, 4) is 11.5 Å². The van der Waals surface area contributed by atoms with Gasteiger partial charge in [0.1, 0.15) is 18.7 Å². The Morgan fingerprint density at radius 2 is 1.79 bits per heavy atom. The number of benzene rings is 2. The van der Waals surface area contributed by atoms with Crippen molar-refractivity contribution in [3.63, 3.8) is 0 Å². The molecular formula is C21H21N3O4. The van der Waals surface area contributed by atoms with E-state index >= 15 is 0 Å². The Balaban J connectivity index is 1.35. The van der Waals surface area contributed by atoms with E-state index in [1.807, 2.05) is 18.2 Å². The standard InChI is InChI=1S/C21H21N3O4/c25-20(14-4-6-18-19(12-14)27-11-10-26-18)22-15-5-7-17-16(13-15)23-21(28-17)24-8-2-1-3-9-24/h4-7,12-13H,1-3,8-11H2,(H,22,25). The first kappa shape index (κ1) is 16.9. The van der Waals surface area contributed by atoms with E-state index in [2.05, 4.69) is 15.2 Å². The summed E-state index contributed by atoms with van der Waals surface area (Å²) in [6.45, 7) is 2.96. The van der Waals surface area contributed by atoms with Gasteiger partial charge in [-0.25, -0.2) is 0 Å². The van der Waals surface area contributed by atoms with Crippen molar-refractivity contribution in [1.29, 1.82) is 0 Å². The topological polar surface area (TPSA) is 76.8 Å². The summed E-state index contributed by atoms with van der Waals surface area (Å²) in [4.78, 5) is 19.4. The Morgan fingerprint density at radius 1 is 0.964 bits per heavy atom. The van der Waals surface area contributed by atoms with Crippen molar-refractivity contribution in [2.75, 3.05) is 36.5 Å². The minimum atomic E-state index is -0.212. The fourth-order valence-corrected chi connectivity index (χ4v) is 3.60. The number of fused-ring (bicyclic) bond motifs is 2. The quantitative estimate of drug-likeness (QED) is 0.745. The third-order valence-electron chi connectivity index (χ3n) is 5.07. The van der Waals surface area contributed by atoms with Crippen molar-refractivity contribution >= 4 is 28.7 Å². The molecule has 5 rings (SSSR count). The van der Waals surface area contributed by atoms with E-state index in [0.717, 1.165) is 37.0 Å². The van der Waals surface area contributed by atoms with Crippen LogP contribution in [0.2, 0.25) is 0 Å². The lowest BCUT2D eigenvalue weighted by Gasteiger charge is -2.24. The first-order valence-corrected chi connectivity index (χ1v) is 9.63. The van der Waals surface area contributed by atoms with Crippen LogP contribution in [0.4, 0.5) is 11.7 Å². The lowest BCUT2D eigenvalue weighted by molar-refractivity contribution is 0.102. The molecule has 2 aromatic carbocycles. The highest BCUT2D eigenvalue weighted by Gasteiger charge is 2.18. The maximum Gasteiger partial charge on any atom is 0.298 e. The van der Waals surface area contributed by atoms with Gasteiger partial charge in [0.05, 0.1) is 0 Å². The van der Waals surface area contributed by atoms with Gasteiger partial charge in [-0.1, -0.05) is 0 Å². The Labute approximate surface area is 162 Å². The molecule has 0 bridgehead atoms. The fourth-order valence-electron chi connectivity index (χ4n) is 3.60. The van der Waals surface area contributed by atoms with Crippen molar-refractivity contribution in [1.82, 2.24) is 4.98 Å². The van der Waals surface area contributed by atoms with E-state index in [4.69, 9.17) is 13.9 Å². The highest BCUT2D eigenvalue weighted by atomic mass is 16.6. The lowest BCUT2D eigenvalue weighted by Crippen LogP contribution is -2.29. The number of nitrogens with one attached hydrogen (secondary N) is 1. The number of aromatic nitrogens is 1. The molecular weight excluding hydrogens is 358 g/mol. The Morgan fingerprint density at radius 3 is 2.64 bits per heavy atom. The Kier molecular flexibility index (Phi) is 4.27. The van der Waals surface area contributed by atoms with Crippen LogP contribution >= 0.6 is 0 Å². The molecule has 7 heteroatoms. The number of rotatable bonds is 3. The Hall–Kier alpha value is -3.22. The van der Waals surface area contributed by atoms with E-state index < -0.39 is 0 Å². The summed E-state index contributed by atoms with van der Waals surface area (Å²) in [5.41, 5.74) is 2.64. The molecule has 2 aliphatic heterocycles. The van der Waals surface area contributed by atoms with Crippen LogP contribution in [-0.2, 0) is 0 Å². The zero-order valence-corrected chi connectivity index (χ0v) is 15.4. The van der Waals surface area contributed by atoms with E-state index in [-0.39, 0.29) is 5.91 Å². The third kappa shape index (κ3) is 3.24. The molecule has 3 aromatic rings. The molecule has 2 aliphatic rings. The predicted octanol–water partition coefficient (Wildman–Crippen LogP) is 3.84. The number of hydrogen-bond acceptors (Lipinski definition) is 6. The number of ether oxygens (including phenoxy) is 2. The Bertz CT molecular complexity index is 1020. The van der Waals surface area contributed by atoms with Gasteiger partial charge in [-0.3, -0.25) is 4.79 Å². The molecule has 144 valence electrons. The van der Waals surface area contributed by atoms with Crippen LogP contribution < -0.4 is 19.7 Å². The SMILES string of the molecule is O=C(Nc1ccc2oc(N3CCCCC3)nc2c1)c1ccc2c(c1)OCCO2. The van der Waals surface area contributed by atoms with E-state index in [9.17, 15) is 4.79 Å². The second kappa shape index (κ2) is 7.07. The van der Waals surface area contributed by atoms with Gasteiger partial charge in [0.15, 0.2) is 17.1 Å². The zero-order chi connectivity index (χ0) is 18.9. The molecule has 1 aromatic heterocycles. The molecule has 0 aliphatic carbocycles. The van der Waals surface area contributed by atoms with Gasteiger partial charge in [-0.2, -0.15) is 4.98 Å². The van der Waals surface area contributed by atoms with E-state index in [1.165, 1.54) is 6.42 Å². The van der Waals surface area contributed by atoms with Crippen LogP contribution in [0.1, 0.15) is 29.6 Å². The average molecular weight is 379 g/mol. The third-order valence-corrected chi connectivity index (χ3v) is 5.07. The van der Waals surface area contributed by atoms with Gasteiger partial charge in [-0.15, -0.1) is 0 Å². The summed E-state index contributed by atoms with van der Waals surface area (Å²) in [6, 6.07) is 11.3. The smallest absolute Gasteiger partial charge is 0.298 e. The molecule has 0 unspecified atom stereocenters. The second-order valence-electron chi connectivity index (χ2n) is 7.04. The van der Waals surface area contributed by atoms with Gasteiger partial charge in [0.25, 0.3) is 11.9 Å². The molecule has 28 heavy (non-hydrogen) atoms. The second-order valence-corrected chi connectivity index (χ2v) is 7.04. The predicted molar refractivity (Wildman–Crippen MR) is 105 cm³/mol. The number of anilines is 2. The first-order valence-electron chi connectivity index (χ1n) is 9.63. The minimum absolute atomic E-state index is 0.212. The molecule has 0 atom stereocenters. The first-order chi connectivity index (χ1) is 13.8. The fraction of sp³-hybridized carbons (Fsp3) is 0.333. The molecule has 3 heterocycles. The van der Waals surface area contributed by atoms with E-state index in [0.29, 0.717) is 42.0 Å². The summed E-state index contributed by atoms with van der Waals surface area (Å²) >= 11 is 0. The van der Waals surface area contributed by atoms with Crippen LogP contribution in [0.15, 0.2) is 40.8 Å². The van der Waals surface area contributed by atoms with Gasteiger partial charge in [-0.05, 0) is 55.7 Å². The highest BCUT2D eigenvalue weighted by Crippen LogP contribution is 2.31.